The van der Waals surface area contributed by atoms with Crippen molar-refractivity contribution in [3.63, 3.8) is 0 Å². The van der Waals surface area contributed by atoms with E-state index in [4.69, 9.17) is 9.47 Å². The zero-order valence-corrected chi connectivity index (χ0v) is 16.3. The van der Waals surface area contributed by atoms with E-state index in [-0.39, 0.29) is 5.75 Å². The van der Waals surface area contributed by atoms with E-state index >= 15 is 0 Å². The molecule has 4 nitrogen and oxygen atoms in total. The van der Waals surface area contributed by atoms with Crippen LogP contribution in [0.3, 0.4) is 0 Å². The maximum atomic E-state index is 12.7. The van der Waals surface area contributed by atoms with Gasteiger partial charge in [-0.3, -0.25) is 0 Å². The monoisotopic (exact) mass is 472 g/mol. The number of aromatic hydroxyl groups is 1. The molecule has 2 aliphatic rings. The molecule has 5 rings (SSSR count). The highest BCUT2D eigenvalue weighted by Crippen LogP contribution is 2.56. The molecule has 0 aliphatic carbocycles. The van der Waals surface area contributed by atoms with Crippen LogP contribution in [0.15, 0.2) is 63.5 Å². The molecule has 2 heterocycles. The average molecular weight is 474 g/mol. The number of carbonyl (C=O) groups excluding carboxylic acids is 1. The van der Waals surface area contributed by atoms with Crippen LogP contribution in [0.4, 0.5) is 0 Å². The summed E-state index contributed by atoms with van der Waals surface area (Å²) in [4.78, 5) is 12.7. The number of phenolic OH excluding ortho intramolecular Hbond substituents is 1. The molecule has 0 saturated heterocycles. The van der Waals surface area contributed by atoms with E-state index in [1.807, 2.05) is 36.4 Å². The van der Waals surface area contributed by atoms with E-state index in [0.29, 0.717) is 22.6 Å². The first-order valence-electron chi connectivity index (χ1n) is 7.84. The Bertz CT molecular complexity index is 1060. The van der Waals surface area contributed by atoms with Crippen molar-refractivity contribution in [3.8, 4) is 17.2 Å². The summed E-state index contributed by atoms with van der Waals surface area (Å²) < 4.78 is 13.8. The molecule has 0 radical (unpaired) electrons. The Morgan fingerprint density at radius 1 is 0.808 bits per heavy atom. The van der Waals surface area contributed by atoms with Gasteiger partial charge in [0.2, 0.25) is 0 Å². The van der Waals surface area contributed by atoms with Gasteiger partial charge in [0.05, 0.1) is 5.56 Å². The largest absolute Gasteiger partial charge is 0.508 e. The van der Waals surface area contributed by atoms with Gasteiger partial charge in [-0.2, -0.15) is 0 Å². The van der Waals surface area contributed by atoms with Gasteiger partial charge in [-0.1, -0.05) is 31.9 Å². The molecule has 2 aliphatic heterocycles. The first kappa shape index (κ1) is 15.9. The topological polar surface area (TPSA) is 55.8 Å². The standard InChI is InChI=1S/C20H10Br2O4/c21-10-1-4-15-17(7-10)25-18-8-11(22)2-5-16(18)20(15)14-6-3-12(23)9-13(14)19(24)26-20/h1-9,23H. The zero-order chi connectivity index (χ0) is 18.1. The highest BCUT2D eigenvalue weighted by atomic mass is 79.9. The normalized spacial score (nSPS) is 15.7. The van der Waals surface area contributed by atoms with Gasteiger partial charge in [0.1, 0.15) is 17.2 Å². The van der Waals surface area contributed by atoms with Crippen LogP contribution in [-0.4, -0.2) is 11.1 Å². The first-order chi connectivity index (χ1) is 12.5. The van der Waals surface area contributed by atoms with Crippen molar-refractivity contribution >= 4 is 37.8 Å². The van der Waals surface area contributed by atoms with Gasteiger partial charge < -0.3 is 14.6 Å². The molecule has 1 N–H and O–H groups in total. The lowest BCUT2D eigenvalue weighted by Gasteiger charge is -2.36. The van der Waals surface area contributed by atoms with Crippen molar-refractivity contribution in [2.75, 3.05) is 0 Å². The maximum Gasteiger partial charge on any atom is 0.340 e. The number of carbonyl (C=O) groups is 1. The number of esters is 1. The van der Waals surface area contributed by atoms with E-state index in [2.05, 4.69) is 31.9 Å². The number of benzene rings is 3. The molecular weight excluding hydrogens is 464 g/mol. The number of hydrogen-bond donors (Lipinski definition) is 1. The Hall–Kier alpha value is -2.31. The smallest absolute Gasteiger partial charge is 0.340 e. The predicted molar refractivity (Wildman–Crippen MR) is 102 cm³/mol. The lowest BCUT2D eigenvalue weighted by Crippen LogP contribution is -2.32. The molecule has 0 atom stereocenters. The van der Waals surface area contributed by atoms with Crippen LogP contribution in [0, 0.1) is 0 Å². The molecule has 0 aromatic heterocycles. The van der Waals surface area contributed by atoms with E-state index in [9.17, 15) is 9.90 Å². The highest BCUT2D eigenvalue weighted by molar-refractivity contribution is 9.10. The maximum absolute atomic E-state index is 12.7. The van der Waals surface area contributed by atoms with Crippen LogP contribution in [0.1, 0.15) is 27.0 Å². The number of fused-ring (bicyclic) bond motifs is 6. The summed E-state index contributed by atoms with van der Waals surface area (Å²) in [6, 6.07) is 16.0. The van der Waals surface area contributed by atoms with Crippen molar-refractivity contribution < 1.29 is 19.4 Å². The van der Waals surface area contributed by atoms with Gasteiger partial charge in [0.15, 0.2) is 5.60 Å². The van der Waals surface area contributed by atoms with Crippen LogP contribution >= 0.6 is 31.9 Å². The zero-order valence-electron chi connectivity index (χ0n) is 13.1. The fraction of sp³-hybridized carbons (Fsp3) is 0.0500. The van der Waals surface area contributed by atoms with Crippen LogP contribution in [0.2, 0.25) is 0 Å². The second-order valence-electron chi connectivity index (χ2n) is 6.18. The summed E-state index contributed by atoms with van der Waals surface area (Å²) in [7, 11) is 0. The number of phenols is 1. The van der Waals surface area contributed by atoms with Gasteiger partial charge in [0, 0.05) is 25.6 Å². The molecule has 3 aromatic rings. The van der Waals surface area contributed by atoms with Crippen LogP contribution in [0.25, 0.3) is 0 Å². The minimum absolute atomic E-state index is 0.0249. The molecule has 3 aromatic carbocycles. The fourth-order valence-corrected chi connectivity index (χ4v) is 4.34. The van der Waals surface area contributed by atoms with Gasteiger partial charge in [-0.15, -0.1) is 0 Å². The third-order valence-corrected chi connectivity index (χ3v) is 5.70. The lowest BCUT2D eigenvalue weighted by molar-refractivity contribution is 0.0224. The summed E-state index contributed by atoms with van der Waals surface area (Å²) in [5, 5.41) is 9.82. The number of hydrogen-bond acceptors (Lipinski definition) is 4. The SMILES string of the molecule is O=C1OC2(c3ccc(Br)cc3Oc3cc(Br)ccc32)c2ccc(O)cc21. The Morgan fingerprint density at radius 2 is 1.38 bits per heavy atom. The summed E-state index contributed by atoms with van der Waals surface area (Å²) in [6.45, 7) is 0. The van der Waals surface area contributed by atoms with E-state index in [1.165, 1.54) is 6.07 Å². The Labute approximate surface area is 165 Å². The lowest BCUT2D eigenvalue weighted by atomic mass is 9.78. The quantitative estimate of drug-likeness (QED) is 0.439. The van der Waals surface area contributed by atoms with Crippen molar-refractivity contribution in [2.45, 2.75) is 5.60 Å². The summed E-state index contributed by atoms with van der Waals surface area (Å²) in [5.41, 5.74) is 1.43. The molecule has 0 saturated carbocycles. The van der Waals surface area contributed by atoms with Crippen LogP contribution < -0.4 is 4.74 Å². The Morgan fingerprint density at radius 3 is 2.00 bits per heavy atom. The molecule has 26 heavy (non-hydrogen) atoms. The third kappa shape index (κ3) is 2.03. The van der Waals surface area contributed by atoms with Gasteiger partial charge in [0.25, 0.3) is 0 Å². The number of ether oxygens (including phenoxy) is 2. The molecule has 0 fully saturated rings. The Kier molecular flexibility index (Phi) is 3.27. The molecule has 0 unspecified atom stereocenters. The second-order valence-corrected chi connectivity index (χ2v) is 8.01. The van der Waals surface area contributed by atoms with Crippen LogP contribution in [-0.2, 0) is 10.3 Å². The van der Waals surface area contributed by atoms with Gasteiger partial charge in [-0.25, -0.2) is 4.79 Å². The number of rotatable bonds is 0. The average Bonchev–Trinajstić information content (AvgIpc) is 2.87. The molecule has 1 spiro atoms. The molecule has 0 amide bonds. The van der Waals surface area contributed by atoms with Crippen molar-refractivity contribution in [2.24, 2.45) is 0 Å². The summed E-state index contributed by atoms with van der Waals surface area (Å²) in [6.07, 6.45) is 0. The molecule has 128 valence electrons. The molecule has 0 bridgehead atoms. The minimum atomic E-state index is -1.11. The molecule has 6 heteroatoms. The van der Waals surface area contributed by atoms with E-state index in [0.717, 1.165) is 20.1 Å². The number of halogens is 2. The first-order valence-corrected chi connectivity index (χ1v) is 9.42. The van der Waals surface area contributed by atoms with E-state index < -0.39 is 11.6 Å². The minimum Gasteiger partial charge on any atom is -0.508 e. The highest BCUT2D eigenvalue weighted by Gasteiger charge is 2.53. The van der Waals surface area contributed by atoms with Crippen LogP contribution in [0.5, 0.6) is 17.2 Å². The van der Waals surface area contributed by atoms with Crippen molar-refractivity contribution in [1.82, 2.24) is 0 Å². The van der Waals surface area contributed by atoms with Gasteiger partial charge in [-0.05, 0) is 54.6 Å². The van der Waals surface area contributed by atoms with Crippen molar-refractivity contribution in [3.05, 3.63) is 85.8 Å². The predicted octanol–water partition coefficient (Wildman–Crippen LogP) is 5.49. The Balaban J connectivity index is 1.90. The van der Waals surface area contributed by atoms with Crippen molar-refractivity contribution in [1.29, 1.82) is 0 Å². The van der Waals surface area contributed by atoms with Gasteiger partial charge >= 0.3 is 5.97 Å². The summed E-state index contributed by atoms with van der Waals surface area (Å²) in [5.74, 6) is 0.773. The second kappa shape index (κ2) is 5.34. The molecular formula is C20H10Br2O4. The van der Waals surface area contributed by atoms with E-state index in [1.54, 1.807) is 12.1 Å². The third-order valence-electron chi connectivity index (χ3n) is 4.71. The summed E-state index contributed by atoms with van der Waals surface area (Å²) >= 11 is 6.93. The fourth-order valence-electron chi connectivity index (χ4n) is 3.66.